The average molecular weight is 451 g/mol. The molecule has 0 saturated carbocycles. The first kappa shape index (κ1) is 19.5. The first-order valence-electron chi connectivity index (χ1n) is 8.42. The summed E-state index contributed by atoms with van der Waals surface area (Å²) in [6, 6.07) is 12.1. The van der Waals surface area contributed by atoms with Crippen molar-refractivity contribution in [3.05, 3.63) is 57.8 Å². The smallest absolute Gasteiger partial charge is 0.360 e. The Kier molecular flexibility index (Phi) is 6.19. The molecule has 7 heteroatoms. The second kappa shape index (κ2) is 8.59. The molecule has 3 aromatic rings. The van der Waals surface area contributed by atoms with Crippen LogP contribution in [-0.4, -0.2) is 22.7 Å². The molecule has 5 nitrogen and oxygen atoms in total. The summed E-state index contributed by atoms with van der Waals surface area (Å²) < 4.78 is 11.4. The van der Waals surface area contributed by atoms with Gasteiger partial charge in [0.25, 0.3) is 0 Å². The first-order chi connectivity index (χ1) is 13.0. The minimum absolute atomic E-state index is 0.134. The zero-order valence-electron chi connectivity index (χ0n) is 14.5. The Labute approximate surface area is 170 Å². The maximum absolute atomic E-state index is 12.2. The molecule has 3 rings (SSSR count). The summed E-state index contributed by atoms with van der Waals surface area (Å²) in [5, 5.41) is 12.2. The number of halogens is 2. The fourth-order valence-electron chi connectivity index (χ4n) is 2.49. The quantitative estimate of drug-likeness (QED) is 0.279. The molecule has 1 heterocycles. The minimum Gasteiger partial charge on any atom is -0.505 e. The number of aromatic nitrogens is 1. The molecule has 0 aliphatic heterocycles. The van der Waals surface area contributed by atoms with E-state index in [2.05, 4.69) is 20.9 Å². The molecular formula is C20H17BrClNO4. The van der Waals surface area contributed by atoms with Crippen molar-refractivity contribution in [1.82, 2.24) is 4.98 Å². The van der Waals surface area contributed by atoms with E-state index >= 15 is 0 Å². The molecule has 0 atom stereocenters. The van der Waals surface area contributed by atoms with Crippen LogP contribution in [0.4, 0.5) is 0 Å². The van der Waals surface area contributed by atoms with Gasteiger partial charge >= 0.3 is 5.97 Å². The predicted molar refractivity (Wildman–Crippen MR) is 108 cm³/mol. The fourth-order valence-corrected chi connectivity index (χ4v) is 3.19. The van der Waals surface area contributed by atoms with Gasteiger partial charge < -0.3 is 14.6 Å². The third-order valence-corrected chi connectivity index (χ3v) is 4.70. The molecular weight excluding hydrogens is 434 g/mol. The number of fused-ring (bicyclic) bond motifs is 1. The van der Waals surface area contributed by atoms with Crippen molar-refractivity contribution < 1.29 is 19.4 Å². The van der Waals surface area contributed by atoms with Crippen LogP contribution in [0.5, 0.6) is 17.2 Å². The van der Waals surface area contributed by atoms with E-state index in [0.29, 0.717) is 31.9 Å². The zero-order chi connectivity index (χ0) is 19.4. The summed E-state index contributed by atoms with van der Waals surface area (Å²) in [6.07, 6.45) is 1.65. The van der Waals surface area contributed by atoms with Gasteiger partial charge in [-0.25, -0.2) is 9.78 Å². The van der Waals surface area contributed by atoms with Crippen molar-refractivity contribution in [3.8, 4) is 17.2 Å². The molecule has 0 aliphatic rings. The molecule has 0 saturated heterocycles. The predicted octanol–water partition coefficient (Wildman–Crippen LogP) is 6.11. The van der Waals surface area contributed by atoms with E-state index in [0.717, 1.165) is 12.8 Å². The number of hydrogen-bond donors (Lipinski definition) is 1. The summed E-state index contributed by atoms with van der Waals surface area (Å²) in [7, 11) is 0. The van der Waals surface area contributed by atoms with Gasteiger partial charge in [0.15, 0.2) is 11.4 Å². The van der Waals surface area contributed by atoms with Gasteiger partial charge in [0, 0.05) is 15.8 Å². The third-order valence-electron chi connectivity index (χ3n) is 3.86. The third kappa shape index (κ3) is 4.51. The van der Waals surface area contributed by atoms with Crippen molar-refractivity contribution in [2.24, 2.45) is 0 Å². The molecule has 1 N–H and O–H groups in total. The number of rotatable bonds is 6. The minimum atomic E-state index is -0.662. The van der Waals surface area contributed by atoms with Crippen LogP contribution in [0.1, 0.15) is 30.3 Å². The van der Waals surface area contributed by atoms with E-state index in [4.69, 9.17) is 21.1 Å². The van der Waals surface area contributed by atoms with Gasteiger partial charge in [-0.15, -0.1) is 0 Å². The van der Waals surface area contributed by atoms with Crippen LogP contribution in [0.3, 0.4) is 0 Å². The lowest BCUT2D eigenvalue weighted by molar-refractivity contribution is 0.0489. The topological polar surface area (TPSA) is 68.7 Å². The summed E-state index contributed by atoms with van der Waals surface area (Å²) in [6.45, 7) is 2.28. The van der Waals surface area contributed by atoms with Crippen LogP contribution < -0.4 is 4.74 Å². The zero-order valence-corrected chi connectivity index (χ0v) is 16.9. The average Bonchev–Trinajstić information content (AvgIpc) is 2.64. The Morgan fingerprint density at radius 2 is 1.96 bits per heavy atom. The Morgan fingerprint density at radius 3 is 2.70 bits per heavy atom. The SMILES string of the molecule is CCCCOC(=O)c1nc(Br)c2ccc(Oc3cccc(Cl)c3)cc2c1O. The molecule has 0 spiro atoms. The number of unbranched alkanes of at least 4 members (excludes halogenated alkanes) is 1. The Hall–Kier alpha value is -2.31. The lowest BCUT2D eigenvalue weighted by Gasteiger charge is -2.11. The highest BCUT2D eigenvalue weighted by Crippen LogP contribution is 2.36. The second-order valence-electron chi connectivity index (χ2n) is 5.86. The molecule has 0 bridgehead atoms. The highest BCUT2D eigenvalue weighted by Gasteiger charge is 2.20. The second-order valence-corrected chi connectivity index (χ2v) is 7.04. The van der Waals surface area contributed by atoms with Gasteiger partial charge in [0.05, 0.1) is 6.61 Å². The Bertz CT molecular complexity index is 993. The molecule has 0 fully saturated rings. The number of nitrogens with zero attached hydrogens (tertiary/aromatic N) is 1. The van der Waals surface area contributed by atoms with Crippen molar-refractivity contribution in [2.45, 2.75) is 19.8 Å². The van der Waals surface area contributed by atoms with Crippen LogP contribution >= 0.6 is 27.5 Å². The molecule has 0 amide bonds. The number of ether oxygens (including phenoxy) is 2. The van der Waals surface area contributed by atoms with Crippen LogP contribution in [0.2, 0.25) is 5.02 Å². The maximum Gasteiger partial charge on any atom is 0.360 e. The maximum atomic E-state index is 12.2. The van der Waals surface area contributed by atoms with Crippen LogP contribution in [0, 0.1) is 0 Å². The molecule has 0 radical (unpaired) electrons. The van der Waals surface area contributed by atoms with Crippen molar-refractivity contribution in [1.29, 1.82) is 0 Å². The highest BCUT2D eigenvalue weighted by atomic mass is 79.9. The van der Waals surface area contributed by atoms with E-state index in [9.17, 15) is 9.90 Å². The number of aromatic hydroxyl groups is 1. The molecule has 2 aromatic carbocycles. The summed E-state index contributed by atoms with van der Waals surface area (Å²) >= 11 is 9.32. The van der Waals surface area contributed by atoms with Gasteiger partial charge in [-0.3, -0.25) is 0 Å². The van der Waals surface area contributed by atoms with Crippen molar-refractivity contribution >= 4 is 44.3 Å². The van der Waals surface area contributed by atoms with E-state index in [-0.39, 0.29) is 18.1 Å². The lowest BCUT2D eigenvalue weighted by Crippen LogP contribution is -2.09. The normalized spacial score (nSPS) is 10.8. The standard InChI is InChI=1S/C20H17BrClNO4/c1-2-3-9-26-20(25)17-18(24)16-11-14(7-8-15(16)19(21)23-17)27-13-6-4-5-12(22)10-13/h4-8,10-11,24H,2-3,9H2,1H3. The Morgan fingerprint density at radius 1 is 1.19 bits per heavy atom. The van der Waals surface area contributed by atoms with Crippen molar-refractivity contribution in [3.63, 3.8) is 0 Å². The van der Waals surface area contributed by atoms with E-state index in [1.165, 1.54) is 0 Å². The largest absolute Gasteiger partial charge is 0.505 e. The number of carbonyl (C=O) groups is 1. The molecule has 0 unspecified atom stereocenters. The van der Waals surface area contributed by atoms with E-state index in [1.807, 2.05) is 6.92 Å². The molecule has 27 heavy (non-hydrogen) atoms. The van der Waals surface area contributed by atoms with Gasteiger partial charge in [0.2, 0.25) is 0 Å². The van der Waals surface area contributed by atoms with Gasteiger partial charge in [0.1, 0.15) is 16.1 Å². The van der Waals surface area contributed by atoms with E-state index in [1.54, 1.807) is 42.5 Å². The highest BCUT2D eigenvalue weighted by molar-refractivity contribution is 9.10. The van der Waals surface area contributed by atoms with Crippen LogP contribution in [0.25, 0.3) is 10.8 Å². The van der Waals surface area contributed by atoms with Crippen LogP contribution in [-0.2, 0) is 4.74 Å². The first-order valence-corrected chi connectivity index (χ1v) is 9.59. The number of benzene rings is 2. The van der Waals surface area contributed by atoms with Gasteiger partial charge in [-0.2, -0.15) is 0 Å². The molecule has 1 aromatic heterocycles. The van der Waals surface area contributed by atoms with Crippen molar-refractivity contribution in [2.75, 3.05) is 6.61 Å². The summed E-state index contributed by atoms with van der Waals surface area (Å²) in [4.78, 5) is 16.4. The number of pyridine rings is 1. The summed E-state index contributed by atoms with van der Waals surface area (Å²) in [5.41, 5.74) is -0.134. The number of esters is 1. The van der Waals surface area contributed by atoms with Gasteiger partial charge in [-0.1, -0.05) is 31.0 Å². The van der Waals surface area contributed by atoms with Gasteiger partial charge in [-0.05, 0) is 58.7 Å². The number of hydrogen-bond acceptors (Lipinski definition) is 5. The summed E-state index contributed by atoms with van der Waals surface area (Å²) in [5.74, 6) is 0.146. The lowest BCUT2D eigenvalue weighted by atomic mass is 10.1. The number of carbonyl (C=O) groups excluding carboxylic acids is 1. The molecule has 0 aliphatic carbocycles. The Balaban J connectivity index is 1.96. The fraction of sp³-hybridized carbons (Fsp3) is 0.200. The monoisotopic (exact) mass is 449 g/mol. The van der Waals surface area contributed by atoms with E-state index < -0.39 is 5.97 Å². The molecule has 140 valence electrons. The van der Waals surface area contributed by atoms with Crippen LogP contribution in [0.15, 0.2) is 47.1 Å².